The van der Waals surface area contributed by atoms with E-state index in [1.165, 1.54) is 25.6 Å². The van der Waals surface area contributed by atoms with Gasteiger partial charge in [0.15, 0.2) is 0 Å². The van der Waals surface area contributed by atoms with Crippen LogP contribution in [0.5, 0.6) is 0 Å². The number of hydrogen-bond donors (Lipinski definition) is 0. The summed E-state index contributed by atoms with van der Waals surface area (Å²) < 4.78 is 4.82. The van der Waals surface area contributed by atoms with E-state index >= 15 is 0 Å². The number of ether oxygens (including phenoxy) is 1. The van der Waals surface area contributed by atoms with Gasteiger partial charge in [-0.05, 0) is 43.5 Å². The molecule has 1 unspecified atom stereocenters. The molecule has 1 aromatic carbocycles. The van der Waals surface area contributed by atoms with E-state index in [1.54, 1.807) is 0 Å². The van der Waals surface area contributed by atoms with Crippen molar-refractivity contribution >= 4 is 17.3 Å². The minimum absolute atomic E-state index is 0.0948. The number of benzene rings is 1. The molecule has 2 saturated heterocycles. The lowest BCUT2D eigenvalue weighted by molar-refractivity contribution is -0.143. The second kappa shape index (κ2) is 5.11. The van der Waals surface area contributed by atoms with Crippen LogP contribution < -0.4 is 9.80 Å². The van der Waals surface area contributed by atoms with Gasteiger partial charge < -0.3 is 14.5 Å². The Labute approximate surface area is 113 Å². The topological polar surface area (TPSA) is 32.8 Å². The molecule has 2 aliphatic heterocycles. The number of hydrogen-bond acceptors (Lipinski definition) is 4. The van der Waals surface area contributed by atoms with E-state index in [2.05, 4.69) is 34.1 Å². The molecule has 0 bridgehead atoms. The number of carbonyl (C=O) groups excluding carboxylic acids is 1. The first kappa shape index (κ1) is 12.3. The van der Waals surface area contributed by atoms with Crippen molar-refractivity contribution in [1.29, 1.82) is 0 Å². The van der Waals surface area contributed by atoms with Crippen LogP contribution in [0.3, 0.4) is 0 Å². The number of rotatable bonds is 3. The van der Waals surface area contributed by atoms with Crippen LogP contribution in [0.1, 0.15) is 19.3 Å². The van der Waals surface area contributed by atoms with Gasteiger partial charge >= 0.3 is 5.97 Å². The lowest BCUT2D eigenvalue weighted by Crippen LogP contribution is -2.53. The maximum absolute atomic E-state index is 11.6. The summed E-state index contributed by atoms with van der Waals surface area (Å²) in [5, 5.41) is 0. The van der Waals surface area contributed by atoms with Crippen LogP contribution in [-0.4, -0.2) is 38.8 Å². The van der Waals surface area contributed by atoms with E-state index in [1.807, 2.05) is 0 Å². The maximum Gasteiger partial charge on any atom is 0.328 e. The largest absolute Gasteiger partial charge is 0.467 e. The molecular formula is C15H20N2O2. The molecule has 0 radical (unpaired) electrons. The normalized spacial score (nSPS) is 22.3. The molecule has 1 atom stereocenters. The molecule has 2 heterocycles. The SMILES string of the molecule is COC(=O)C1CCN1c1ccc(N2CCCC2)cc1. The van der Waals surface area contributed by atoms with Crippen LogP contribution in [0.15, 0.2) is 24.3 Å². The number of nitrogens with zero attached hydrogens (tertiary/aromatic N) is 2. The number of methoxy groups -OCH3 is 1. The van der Waals surface area contributed by atoms with Crippen molar-refractivity contribution in [3.8, 4) is 0 Å². The quantitative estimate of drug-likeness (QED) is 0.779. The molecular weight excluding hydrogens is 240 g/mol. The van der Waals surface area contributed by atoms with Gasteiger partial charge in [-0.3, -0.25) is 0 Å². The zero-order valence-corrected chi connectivity index (χ0v) is 11.3. The van der Waals surface area contributed by atoms with E-state index in [0.29, 0.717) is 0 Å². The Kier molecular flexibility index (Phi) is 3.32. The van der Waals surface area contributed by atoms with Crippen molar-refractivity contribution in [1.82, 2.24) is 0 Å². The molecule has 0 aromatic heterocycles. The van der Waals surface area contributed by atoms with Gasteiger partial charge in [0.05, 0.1) is 7.11 Å². The fourth-order valence-corrected chi connectivity index (χ4v) is 2.91. The molecule has 19 heavy (non-hydrogen) atoms. The number of anilines is 2. The lowest BCUT2D eigenvalue weighted by Gasteiger charge is -2.40. The standard InChI is InChI=1S/C15H20N2O2/c1-19-15(18)14-8-11-17(14)13-6-4-12(5-7-13)16-9-2-3-10-16/h4-7,14H,2-3,8-11H2,1H3. The van der Waals surface area contributed by atoms with Crippen molar-refractivity contribution in [3.63, 3.8) is 0 Å². The predicted molar refractivity (Wildman–Crippen MR) is 75.7 cm³/mol. The van der Waals surface area contributed by atoms with Gasteiger partial charge in [0.2, 0.25) is 0 Å². The summed E-state index contributed by atoms with van der Waals surface area (Å²) in [4.78, 5) is 16.1. The minimum atomic E-state index is -0.130. The fourth-order valence-electron chi connectivity index (χ4n) is 2.91. The third-order valence-electron chi connectivity index (χ3n) is 4.15. The monoisotopic (exact) mass is 260 g/mol. The number of carbonyl (C=O) groups is 1. The highest BCUT2D eigenvalue weighted by Gasteiger charge is 2.35. The Balaban J connectivity index is 1.70. The number of esters is 1. The molecule has 3 rings (SSSR count). The highest BCUT2D eigenvalue weighted by atomic mass is 16.5. The molecule has 4 nitrogen and oxygen atoms in total. The van der Waals surface area contributed by atoms with Crippen molar-refractivity contribution in [3.05, 3.63) is 24.3 Å². The van der Waals surface area contributed by atoms with E-state index in [9.17, 15) is 4.79 Å². The van der Waals surface area contributed by atoms with Gasteiger partial charge in [-0.2, -0.15) is 0 Å². The van der Waals surface area contributed by atoms with Crippen molar-refractivity contribution in [2.24, 2.45) is 0 Å². The average molecular weight is 260 g/mol. The molecule has 0 spiro atoms. The zero-order chi connectivity index (χ0) is 13.2. The first-order valence-electron chi connectivity index (χ1n) is 6.99. The van der Waals surface area contributed by atoms with Crippen LogP contribution in [0.2, 0.25) is 0 Å². The molecule has 0 aliphatic carbocycles. The van der Waals surface area contributed by atoms with Crippen molar-refractivity contribution in [2.45, 2.75) is 25.3 Å². The summed E-state index contributed by atoms with van der Waals surface area (Å²) in [6.45, 7) is 3.25. The van der Waals surface area contributed by atoms with E-state index in [-0.39, 0.29) is 12.0 Å². The second-order valence-electron chi connectivity index (χ2n) is 5.23. The Morgan fingerprint density at radius 2 is 1.74 bits per heavy atom. The molecule has 4 heteroatoms. The van der Waals surface area contributed by atoms with Crippen LogP contribution in [0.25, 0.3) is 0 Å². The molecule has 102 valence electrons. The van der Waals surface area contributed by atoms with Crippen LogP contribution in [0.4, 0.5) is 11.4 Å². The van der Waals surface area contributed by atoms with Crippen molar-refractivity contribution in [2.75, 3.05) is 36.5 Å². The molecule has 2 aliphatic rings. The second-order valence-corrected chi connectivity index (χ2v) is 5.23. The smallest absolute Gasteiger partial charge is 0.328 e. The fraction of sp³-hybridized carbons (Fsp3) is 0.533. The Hall–Kier alpha value is -1.71. The highest BCUT2D eigenvalue weighted by Crippen LogP contribution is 2.29. The summed E-state index contributed by atoms with van der Waals surface area (Å²) in [6, 6.07) is 8.45. The summed E-state index contributed by atoms with van der Waals surface area (Å²) in [5.41, 5.74) is 2.40. The summed E-state index contributed by atoms with van der Waals surface area (Å²) in [5.74, 6) is -0.130. The van der Waals surface area contributed by atoms with Crippen LogP contribution in [0, 0.1) is 0 Å². The first-order chi connectivity index (χ1) is 9.29. The van der Waals surface area contributed by atoms with Gasteiger partial charge in [0.1, 0.15) is 6.04 Å². The first-order valence-corrected chi connectivity index (χ1v) is 6.99. The highest BCUT2D eigenvalue weighted by molar-refractivity contribution is 5.82. The molecule has 0 amide bonds. The van der Waals surface area contributed by atoms with Crippen LogP contribution >= 0.6 is 0 Å². The van der Waals surface area contributed by atoms with Crippen LogP contribution in [-0.2, 0) is 9.53 Å². The Morgan fingerprint density at radius 1 is 1.11 bits per heavy atom. The maximum atomic E-state index is 11.6. The van der Waals surface area contributed by atoms with Gasteiger partial charge in [0.25, 0.3) is 0 Å². The molecule has 1 aromatic rings. The summed E-state index contributed by atoms with van der Waals surface area (Å²) in [6.07, 6.45) is 3.47. The molecule has 0 N–H and O–H groups in total. The van der Waals surface area contributed by atoms with Gasteiger partial charge in [-0.25, -0.2) is 4.79 Å². The van der Waals surface area contributed by atoms with E-state index < -0.39 is 0 Å². The predicted octanol–water partition coefficient (Wildman–Crippen LogP) is 2.04. The van der Waals surface area contributed by atoms with E-state index in [4.69, 9.17) is 4.74 Å². The third kappa shape index (κ3) is 2.27. The summed E-state index contributed by atoms with van der Waals surface area (Å²) in [7, 11) is 1.45. The molecule has 2 fully saturated rings. The zero-order valence-electron chi connectivity index (χ0n) is 11.3. The van der Waals surface area contributed by atoms with E-state index in [0.717, 1.165) is 31.7 Å². The van der Waals surface area contributed by atoms with Crippen molar-refractivity contribution < 1.29 is 9.53 Å². The van der Waals surface area contributed by atoms with Gasteiger partial charge in [-0.1, -0.05) is 0 Å². The van der Waals surface area contributed by atoms with Gasteiger partial charge in [0, 0.05) is 31.0 Å². The Morgan fingerprint density at radius 3 is 2.26 bits per heavy atom. The molecule has 0 saturated carbocycles. The van der Waals surface area contributed by atoms with Gasteiger partial charge in [-0.15, -0.1) is 0 Å². The minimum Gasteiger partial charge on any atom is -0.467 e. The average Bonchev–Trinajstić information content (AvgIpc) is 2.92. The third-order valence-corrected chi connectivity index (χ3v) is 4.15. The Bertz CT molecular complexity index is 452. The summed E-state index contributed by atoms with van der Waals surface area (Å²) >= 11 is 0. The lowest BCUT2D eigenvalue weighted by atomic mass is 10.0.